The highest BCUT2D eigenvalue weighted by Crippen LogP contribution is 2.23. The normalized spacial score (nSPS) is 22.9. The van der Waals surface area contributed by atoms with Crippen molar-refractivity contribution in [1.29, 1.82) is 0 Å². The molecule has 0 aromatic carbocycles. The summed E-state index contributed by atoms with van der Waals surface area (Å²) >= 11 is 0. The van der Waals surface area contributed by atoms with Crippen LogP contribution in [0, 0.1) is 5.92 Å². The largest absolute Gasteiger partial charge is 0.353 e. The van der Waals surface area contributed by atoms with E-state index in [4.69, 9.17) is 0 Å². The van der Waals surface area contributed by atoms with Crippen LogP contribution in [0.3, 0.4) is 0 Å². The Hall–Kier alpha value is -1.10. The maximum Gasteiger partial charge on any atom is 0.234 e. The van der Waals surface area contributed by atoms with Gasteiger partial charge in [0.2, 0.25) is 11.8 Å². The van der Waals surface area contributed by atoms with Gasteiger partial charge >= 0.3 is 0 Å². The molecule has 0 aromatic rings. The Bertz CT molecular complexity index is 323. The maximum atomic E-state index is 11.9. The first-order chi connectivity index (χ1) is 9.36. The van der Waals surface area contributed by atoms with Crippen LogP contribution in [0.1, 0.15) is 46.5 Å². The minimum atomic E-state index is -0.0400. The first kappa shape index (κ1) is 17.0. The molecule has 0 aliphatic heterocycles. The predicted molar refractivity (Wildman–Crippen MR) is 80.3 cm³/mol. The molecule has 0 spiro atoms. The van der Waals surface area contributed by atoms with E-state index in [9.17, 15) is 9.59 Å². The Morgan fingerprint density at radius 1 is 1.10 bits per heavy atom. The van der Waals surface area contributed by atoms with Crippen molar-refractivity contribution in [2.45, 2.75) is 58.5 Å². The minimum absolute atomic E-state index is 0.0180. The summed E-state index contributed by atoms with van der Waals surface area (Å²) in [6.45, 7) is 6.65. The molecule has 0 heterocycles. The molecule has 0 atom stereocenters. The fraction of sp³-hybridized carbons (Fsp3) is 0.867. The van der Waals surface area contributed by atoms with Crippen LogP contribution in [-0.4, -0.2) is 48.9 Å². The molecular weight excluding hydrogens is 254 g/mol. The number of nitrogens with one attached hydrogen (secondary N) is 2. The number of hydrogen-bond acceptors (Lipinski definition) is 3. The Labute approximate surface area is 122 Å². The van der Waals surface area contributed by atoms with E-state index in [1.54, 1.807) is 11.9 Å². The molecule has 0 aromatic heterocycles. The average Bonchev–Trinajstić information content (AvgIpc) is 2.30. The van der Waals surface area contributed by atoms with Gasteiger partial charge in [-0.3, -0.25) is 14.5 Å². The average molecular weight is 283 g/mol. The number of hydrogen-bond donors (Lipinski definition) is 2. The highest BCUT2D eigenvalue weighted by molar-refractivity contribution is 5.81. The standard InChI is InChI=1S/C15H29N3O2/c1-11(2)16-14(19)9-18(4)10-15(20)17-13-7-5-12(3)6-8-13/h11-13H,5-10H2,1-4H3,(H,16,19)(H,17,20). The van der Waals surface area contributed by atoms with Gasteiger partial charge in [0, 0.05) is 12.1 Å². The molecule has 1 saturated carbocycles. The molecule has 1 aliphatic carbocycles. The van der Waals surface area contributed by atoms with E-state index in [-0.39, 0.29) is 30.9 Å². The summed E-state index contributed by atoms with van der Waals surface area (Å²) in [5.74, 6) is 0.761. The van der Waals surface area contributed by atoms with Crippen molar-refractivity contribution in [2.24, 2.45) is 5.92 Å². The maximum absolute atomic E-state index is 11.9. The van der Waals surface area contributed by atoms with E-state index in [2.05, 4.69) is 17.6 Å². The molecule has 0 saturated heterocycles. The molecule has 1 aliphatic rings. The highest BCUT2D eigenvalue weighted by Gasteiger charge is 2.20. The molecule has 0 radical (unpaired) electrons. The lowest BCUT2D eigenvalue weighted by Gasteiger charge is -2.27. The van der Waals surface area contributed by atoms with E-state index in [1.807, 2.05) is 13.8 Å². The van der Waals surface area contributed by atoms with Gasteiger partial charge < -0.3 is 10.6 Å². The van der Waals surface area contributed by atoms with Crippen LogP contribution >= 0.6 is 0 Å². The number of carbonyl (C=O) groups excluding carboxylic acids is 2. The lowest BCUT2D eigenvalue weighted by molar-refractivity contribution is -0.125. The minimum Gasteiger partial charge on any atom is -0.353 e. The van der Waals surface area contributed by atoms with Crippen LogP contribution in [0.2, 0.25) is 0 Å². The Kier molecular flexibility index (Phi) is 6.99. The number of likely N-dealkylation sites (N-methyl/N-ethyl adjacent to an activating group) is 1. The first-order valence-corrected chi connectivity index (χ1v) is 7.64. The fourth-order valence-corrected chi connectivity index (χ4v) is 2.59. The van der Waals surface area contributed by atoms with E-state index in [0.717, 1.165) is 18.8 Å². The zero-order chi connectivity index (χ0) is 15.1. The first-order valence-electron chi connectivity index (χ1n) is 7.64. The Morgan fingerprint density at radius 2 is 1.65 bits per heavy atom. The summed E-state index contributed by atoms with van der Waals surface area (Å²) in [5, 5.41) is 5.89. The summed E-state index contributed by atoms with van der Waals surface area (Å²) < 4.78 is 0. The van der Waals surface area contributed by atoms with Crippen LogP contribution in [0.25, 0.3) is 0 Å². The van der Waals surface area contributed by atoms with E-state index in [1.165, 1.54) is 12.8 Å². The molecule has 1 fully saturated rings. The highest BCUT2D eigenvalue weighted by atomic mass is 16.2. The van der Waals surface area contributed by atoms with Crippen LogP contribution in [-0.2, 0) is 9.59 Å². The molecule has 2 N–H and O–H groups in total. The van der Waals surface area contributed by atoms with E-state index >= 15 is 0 Å². The number of nitrogens with zero attached hydrogens (tertiary/aromatic N) is 1. The topological polar surface area (TPSA) is 61.4 Å². The van der Waals surface area contributed by atoms with Gasteiger partial charge in [0.05, 0.1) is 13.1 Å². The van der Waals surface area contributed by atoms with Crippen molar-refractivity contribution in [3.8, 4) is 0 Å². The SMILES string of the molecule is CC1CCC(NC(=O)CN(C)CC(=O)NC(C)C)CC1. The fourth-order valence-electron chi connectivity index (χ4n) is 2.59. The monoisotopic (exact) mass is 283 g/mol. The van der Waals surface area contributed by atoms with Crippen molar-refractivity contribution >= 4 is 11.8 Å². The summed E-state index contributed by atoms with van der Waals surface area (Å²) in [4.78, 5) is 25.3. The third-order valence-corrected chi connectivity index (χ3v) is 3.66. The van der Waals surface area contributed by atoms with Gasteiger partial charge in [0.15, 0.2) is 0 Å². The lowest BCUT2D eigenvalue weighted by atomic mass is 9.87. The van der Waals surface area contributed by atoms with Crippen molar-refractivity contribution in [3.05, 3.63) is 0 Å². The summed E-state index contributed by atoms with van der Waals surface area (Å²) in [7, 11) is 1.79. The zero-order valence-corrected chi connectivity index (χ0v) is 13.2. The van der Waals surface area contributed by atoms with Crippen LogP contribution in [0.4, 0.5) is 0 Å². The van der Waals surface area contributed by atoms with Gasteiger partial charge in [-0.25, -0.2) is 0 Å². The van der Waals surface area contributed by atoms with E-state index < -0.39 is 0 Å². The zero-order valence-electron chi connectivity index (χ0n) is 13.2. The second-order valence-corrected chi connectivity index (χ2v) is 6.42. The molecule has 1 rings (SSSR count). The molecule has 116 valence electrons. The molecule has 2 amide bonds. The molecule has 0 bridgehead atoms. The molecule has 20 heavy (non-hydrogen) atoms. The van der Waals surface area contributed by atoms with Crippen LogP contribution < -0.4 is 10.6 Å². The quantitative estimate of drug-likeness (QED) is 0.768. The van der Waals surface area contributed by atoms with Gasteiger partial charge in [-0.15, -0.1) is 0 Å². The van der Waals surface area contributed by atoms with Crippen molar-refractivity contribution in [1.82, 2.24) is 15.5 Å². The van der Waals surface area contributed by atoms with Crippen molar-refractivity contribution in [2.75, 3.05) is 20.1 Å². The number of rotatable bonds is 6. The van der Waals surface area contributed by atoms with E-state index in [0.29, 0.717) is 6.04 Å². The summed E-state index contributed by atoms with van der Waals surface area (Å²) in [6, 6.07) is 0.450. The van der Waals surface area contributed by atoms with Gasteiger partial charge in [0.25, 0.3) is 0 Å². The Balaban J connectivity index is 2.22. The smallest absolute Gasteiger partial charge is 0.234 e. The van der Waals surface area contributed by atoms with Crippen LogP contribution in [0.5, 0.6) is 0 Å². The summed E-state index contributed by atoms with van der Waals surface area (Å²) in [6.07, 6.45) is 4.53. The lowest BCUT2D eigenvalue weighted by Crippen LogP contribution is -2.45. The summed E-state index contributed by atoms with van der Waals surface area (Å²) in [5.41, 5.74) is 0. The molecular formula is C15H29N3O2. The van der Waals surface area contributed by atoms with Gasteiger partial charge in [-0.05, 0) is 52.5 Å². The third-order valence-electron chi connectivity index (χ3n) is 3.66. The molecule has 5 nitrogen and oxygen atoms in total. The Morgan fingerprint density at radius 3 is 2.20 bits per heavy atom. The second-order valence-electron chi connectivity index (χ2n) is 6.42. The number of carbonyl (C=O) groups is 2. The number of amides is 2. The van der Waals surface area contributed by atoms with Gasteiger partial charge in [-0.2, -0.15) is 0 Å². The van der Waals surface area contributed by atoms with Gasteiger partial charge in [-0.1, -0.05) is 6.92 Å². The van der Waals surface area contributed by atoms with Crippen molar-refractivity contribution < 1.29 is 9.59 Å². The predicted octanol–water partition coefficient (Wildman–Crippen LogP) is 1.14. The second kappa shape index (κ2) is 8.25. The van der Waals surface area contributed by atoms with Gasteiger partial charge in [0.1, 0.15) is 0 Å². The molecule has 5 heteroatoms. The molecule has 0 unspecified atom stereocenters. The van der Waals surface area contributed by atoms with Crippen LogP contribution in [0.15, 0.2) is 0 Å². The van der Waals surface area contributed by atoms with Crippen molar-refractivity contribution in [3.63, 3.8) is 0 Å². The third kappa shape index (κ3) is 6.89.